The number of hydrogen-bond acceptors (Lipinski definition) is 2. The highest BCUT2D eigenvalue weighted by atomic mass is 79.9. The van der Waals surface area contributed by atoms with E-state index in [1.807, 2.05) is 20.8 Å². The lowest BCUT2D eigenvalue weighted by Gasteiger charge is -2.26. The molecule has 2 atom stereocenters. The van der Waals surface area contributed by atoms with Crippen molar-refractivity contribution in [2.24, 2.45) is 0 Å². The minimum atomic E-state index is -2.93. The van der Waals surface area contributed by atoms with Gasteiger partial charge in [-0.2, -0.15) is 8.78 Å². The maximum atomic E-state index is 12.6. The topological polar surface area (TPSA) is 38.3 Å². The summed E-state index contributed by atoms with van der Waals surface area (Å²) in [6.07, 6.45) is 2.06. The van der Waals surface area contributed by atoms with Crippen molar-refractivity contribution in [3.05, 3.63) is 40.9 Å². The van der Waals surface area contributed by atoms with Gasteiger partial charge in [0.15, 0.2) is 0 Å². The van der Waals surface area contributed by atoms with E-state index in [4.69, 9.17) is 0 Å². The van der Waals surface area contributed by atoms with Gasteiger partial charge in [0, 0.05) is 10.0 Å². The van der Waals surface area contributed by atoms with Crippen molar-refractivity contribution in [2.45, 2.75) is 44.6 Å². The minimum Gasteiger partial charge on any atom is -0.434 e. The van der Waals surface area contributed by atoms with E-state index in [-0.39, 0.29) is 5.75 Å². The van der Waals surface area contributed by atoms with Crippen LogP contribution in [-0.2, 0) is 11.0 Å². The first-order chi connectivity index (χ1) is 10.2. The fraction of sp³-hybridized carbons (Fsp3) is 0.467. The van der Waals surface area contributed by atoms with E-state index >= 15 is 0 Å². The summed E-state index contributed by atoms with van der Waals surface area (Å²) in [4.78, 5) is 0. The molecule has 0 amide bonds. The largest absolute Gasteiger partial charge is 0.434 e. The van der Waals surface area contributed by atoms with Crippen LogP contribution >= 0.6 is 15.9 Å². The fourth-order valence-corrected chi connectivity index (χ4v) is 3.20. The minimum absolute atomic E-state index is 0.0506. The van der Waals surface area contributed by atoms with Gasteiger partial charge in [-0.15, -0.1) is 6.58 Å². The Bertz CT molecular complexity index is 547. The second kappa shape index (κ2) is 8.17. The summed E-state index contributed by atoms with van der Waals surface area (Å²) in [6.45, 7) is 6.24. The standard InChI is InChI=1S/C15H20BrF2NO2S/c1-5-7-11(19-22(20)15(2,3)4)13-10(16)8-6-9-12(13)21-14(17)18/h5-6,8-9,11,14,19H,1,7H2,2-4H3/t11?,22-/m1/s1. The van der Waals surface area contributed by atoms with E-state index in [1.54, 1.807) is 18.2 Å². The van der Waals surface area contributed by atoms with Gasteiger partial charge < -0.3 is 4.74 Å². The summed E-state index contributed by atoms with van der Waals surface area (Å²) in [7, 11) is -1.36. The third kappa shape index (κ3) is 5.44. The van der Waals surface area contributed by atoms with Gasteiger partial charge >= 0.3 is 6.61 Å². The van der Waals surface area contributed by atoms with Crippen LogP contribution in [0.25, 0.3) is 0 Å². The van der Waals surface area contributed by atoms with Gasteiger partial charge in [0.25, 0.3) is 0 Å². The predicted molar refractivity (Wildman–Crippen MR) is 89.4 cm³/mol. The van der Waals surface area contributed by atoms with Crippen molar-refractivity contribution in [2.75, 3.05) is 0 Å². The quantitative estimate of drug-likeness (QED) is 0.678. The molecule has 1 N–H and O–H groups in total. The van der Waals surface area contributed by atoms with Gasteiger partial charge in [0.2, 0.25) is 0 Å². The van der Waals surface area contributed by atoms with E-state index in [0.717, 1.165) is 0 Å². The first kappa shape index (κ1) is 19.3. The predicted octanol–water partition coefficient (Wildman–Crippen LogP) is 4.72. The molecule has 0 aliphatic heterocycles. The van der Waals surface area contributed by atoms with Crippen molar-refractivity contribution in [3.63, 3.8) is 0 Å². The molecule has 3 nitrogen and oxygen atoms in total. The number of halogens is 3. The summed E-state index contributed by atoms with van der Waals surface area (Å²) in [6, 6.07) is 4.34. The molecule has 0 saturated carbocycles. The molecular weight excluding hydrogens is 376 g/mol. The second-order valence-corrected chi connectivity index (χ2v) is 8.46. The molecule has 7 heteroatoms. The Balaban J connectivity index is 3.20. The van der Waals surface area contributed by atoms with Crippen LogP contribution in [0, 0.1) is 0 Å². The number of rotatable bonds is 7. The summed E-state index contributed by atoms with van der Waals surface area (Å²) in [5.74, 6) is 0.0506. The van der Waals surface area contributed by atoms with Crippen LogP contribution in [0.5, 0.6) is 5.75 Å². The highest BCUT2D eigenvalue weighted by molar-refractivity contribution is 9.10. The van der Waals surface area contributed by atoms with E-state index in [1.165, 1.54) is 6.07 Å². The molecule has 0 aromatic heterocycles. The number of hydrogen-bond donors (Lipinski definition) is 1. The maximum Gasteiger partial charge on any atom is 0.387 e. The first-order valence-corrected chi connectivity index (χ1v) is 8.63. The summed E-state index contributed by atoms with van der Waals surface area (Å²) in [5.41, 5.74) is 0.500. The summed E-state index contributed by atoms with van der Waals surface area (Å²) in [5, 5.41) is 0. The molecule has 1 aromatic rings. The third-order valence-electron chi connectivity index (χ3n) is 2.79. The highest BCUT2D eigenvalue weighted by Crippen LogP contribution is 2.35. The average molecular weight is 396 g/mol. The Morgan fingerprint density at radius 1 is 1.45 bits per heavy atom. The zero-order valence-electron chi connectivity index (χ0n) is 12.7. The van der Waals surface area contributed by atoms with Gasteiger partial charge in [0.05, 0.1) is 21.8 Å². The van der Waals surface area contributed by atoms with Gasteiger partial charge in [0.1, 0.15) is 5.75 Å². The number of alkyl halides is 2. The van der Waals surface area contributed by atoms with Crippen molar-refractivity contribution in [3.8, 4) is 5.75 Å². The molecule has 1 aromatic carbocycles. The molecule has 0 aliphatic rings. The average Bonchev–Trinajstić information content (AvgIpc) is 2.36. The van der Waals surface area contributed by atoms with Crippen molar-refractivity contribution >= 4 is 26.9 Å². The number of ether oxygens (including phenoxy) is 1. The van der Waals surface area contributed by atoms with Crippen LogP contribution in [0.4, 0.5) is 8.78 Å². The Morgan fingerprint density at radius 2 is 2.09 bits per heavy atom. The summed E-state index contributed by atoms with van der Waals surface area (Å²) < 4.78 is 45.2. The van der Waals surface area contributed by atoms with E-state index in [0.29, 0.717) is 16.5 Å². The molecule has 0 saturated heterocycles. The van der Waals surface area contributed by atoms with Crippen LogP contribution in [0.3, 0.4) is 0 Å². The molecule has 22 heavy (non-hydrogen) atoms. The molecule has 1 unspecified atom stereocenters. The van der Waals surface area contributed by atoms with Crippen molar-refractivity contribution in [1.82, 2.24) is 4.72 Å². The number of benzene rings is 1. The highest BCUT2D eigenvalue weighted by Gasteiger charge is 2.26. The van der Waals surface area contributed by atoms with Crippen LogP contribution in [0.1, 0.15) is 38.8 Å². The Labute approximate surface area is 140 Å². The summed E-state index contributed by atoms with van der Waals surface area (Å²) >= 11 is 3.35. The van der Waals surface area contributed by atoms with E-state index in [9.17, 15) is 13.0 Å². The second-order valence-electron chi connectivity index (χ2n) is 5.61. The van der Waals surface area contributed by atoms with Crippen molar-refractivity contribution in [1.29, 1.82) is 0 Å². The Hall–Kier alpha value is -0.790. The Morgan fingerprint density at radius 3 is 2.59 bits per heavy atom. The normalized spacial score (nSPS) is 14.7. The van der Waals surface area contributed by atoms with Gasteiger partial charge in [-0.05, 0) is 39.3 Å². The molecular formula is C15H20BrF2NO2S. The van der Waals surface area contributed by atoms with Crippen LogP contribution < -0.4 is 9.46 Å². The zero-order valence-corrected chi connectivity index (χ0v) is 15.1. The van der Waals surface area contributed by atoms with Crippen LogP contribution in [0.2, 0.25) is 0 Å². The van der Waals surface area contributed by atoms with Gasteiger partial charge in [-0.3, -0.25) is 0 Å². The molecule has 0 heterocycles. The molecule has 124 valence electrons. The Kier molecular flexibility index (Phi) is 7.15. The lowest BCUT2D eigenvalue weighted by Crippen LogP contribution is -2.36. The molecule has 0 fully saturated rings. The first-order valence-electron chi connectivity index (χ1n) is 6.69. The smallest absolute Gasteiger partial charge is 0.387 e. The van der Waals surface area contributed by atoms with Gasteiger partial charge in [-0.1, -0.05) is 28.1 Å². The van der Waals surface area contributed by atoms with E-state index < -0.39 is 28.4 Å². The zero-order chi connectivity index (χ0) is 16.9. The molecule has 0 bridgehead atoms. The lowest BCUT2D eigenvalue weighted by atomic mass is 10.0. The monoisotopic (exact) mass is 395 g/mol. The van der Waals surface area contributed by atoms with Gasteiger partial charge in [-0.25, -0.2) is 8.93 Å². The molecule has 0 radical (unpaired) electrons. The molecule has 1 rings (SSSR count). The maximum absolute atomic E-state index is 12.6. The van der Waals surface area contributed by atoms with Crippen molar-refractivity contribution < 1.29 is 17.7 Å². The van der Waals surface area contributed by atoms with Crippen LogP contribution in [0.15, 0.2) is 35.3 Å². The van der Waals surface area contributed by atoms with Crippen LogP contribution in [-0.4, -0.2) is 15.6 Å². The number of nitrogens with one attached hydrogen (secondary N) is 1. The van der Waals surface area contributed by atoms with E-state index in [2.05, 4.69) is 32.0 Å². The molecule has 0 aliphatic carbocycles. The third-order valence-corrected chi connectivity index (χ3v) is 5.09. The SMILES string of the molecule is C=CCC(N[S@](=O)C(C)(C)C)c1c(Br)cccc1OC(F)F. The lowest BCUT2D eigenvalue weighted by molar-refractivity contribution is -0.0507. The molecule has 0 spiro atoms. The fourth-order valence-electron chi connectivity index (χ4n) is 1.75.